The van der Waals surface area contributed by atoms with Gasteiger partial charge in [0.25, 0.3) is 5.91 Å². The van der Waals surface area contributed by atoms with Crippen LogP contribution in [0.15, 0.2) is 24.3 Å². The average Bonchev–Trinajstić information content (AvgIpc) is 3.08. The van der Waals surface area contributed by atoms with Crippen LogP contribution in [0.3, 0.4) is 0 Å². The number of imidazole rings is 1. The zero-order valence-electron chi connectivity index (χ0n) is 21.4. The molecule has 5 rings (SSSR count). The first-order valence-corrected chi connectivity index (χ1v) is 12.8. The molecule has 36 heavy (non-hydrogen) atoms. The summed E-state index contributed by atoms with van der Waals surface area (Å²) in [4.78, 5) is 25.5. The van der Waals surface area contributed by atoms with E-state index in [0.717, 1.165) is 61.6 Å². The number of hydrogen-bond donors (Lipinski definition) is 1. The van der Waals surface area contributed by atoms with Crippen molar-refractivity contribution in [2.75, 3.05) is 47.1 Å². The van der Waals surface area contributed by atoms with Crippen molar-refractivity contribution in [3.63, 3.8) is 0 Å². The minimum Gasteiger partial charge on any atom is -0.493 e. The predicted octanol–water partition coefficient (Wildman–Crippen LogP) is 3.29. The van der Waals surface area contributed by atoms with Crippen molar-refractivity contribution in [1.29, 1.82) is 0 Å². The zero-order chi connectivity index (χ0) is 25.1. The van der Waals surface area contributed by atoms with Gasteiger partial charge >= 0.3 is 0 Å². The second-order valence-electron chi connectivity index (χ2n) is 9.46. The van der Waals surface area contributed by atoms with Crippen molar-refractivity contribution in [3.8, 4) is 11.5 Å². The molecule has 9 heteroatoms. The Morgan fingerprint density at radius 3 is 2.64 bits per heavy atom. The normalized spacial score (nSPS) is 17.3. The van der Waals surface area contributed by atoms with Gasteiger partial charge in [0.05, 0.1) is 39.0 Å². The Kier molecular flexibility index (Phi) is 7.38. The Morgan fingerprint density at radius 1 is 1.06 bits per heavy atom. The molecule has 0 saturated carbocycles. The number of fused-ring (bicyclic) bond motifs is 3. The highest BCUT2D eigenvalue weighted by atomic mass is 16.5. The van der Waals surface area contributed by atoms with Crippen LogP contribution >= 0.6 is 0 Å². The summed E-state index contributed by atoms with van der Waals surface area (Å²) >= 11 is 0. The van der Waals surface area contributed by atoms with Crippen LogP contribution in [0.1, 0.15) is 52.7 Å². The van der Waals surface area contributed by atoms with E-state index >= 15 is 0 Å². The van der Waals surface area contributed by atoms with Gasteiger partial charge in [0.15, 0.2) is 17.1 Å². The number of methoxy groups -OCH3 is 2. The number of nitrogens with zero attached hydrogens (tertiary/aromatic N) is 4. The third-order valence-corrected chi connectivity index (χ3v) is 7.17. The molecule has 0 aliphatic carbocycles. The zero-order valence-corrected chi connectivity index (χ0v) is 21.4. The van der Waals surface area contributed by atoms with Crippen molar-refractivity contribution in [2.24, 2.45) is 0 Å². The van der Waals surface area contributed by atoms with E-state index < -0.39 is 0 Å². The lowest BCUT2D eigenvalue weighted by molar-refractivity contribution is 0.0162. The number of carbonyl (C=O) groups is 1. The number of morpholine rings is 1. The summed E-state index contributed by atoms with van der Waals surface area (Å²) in [6.45, 7) is 6.21. The molecule has 1 amide bonds. The molecule has 0 bridgehead atoms. The lowest BCUT2D eigenvalue weighted by Crippen LogP contribution is -2.43. The number of nitrogens with one attached hydrogen (secondary N) is 1. The maximum absolute atomic E-state index is 13.6. The van der Waals surface area contributed by atoms with Gasteiger partial charge in [0.1, 0.15) is 11.3 Å². The molecule has 0 spiro atoms. The molecule has 192 valence electrons. The Morgan fingerprint density at radius 2 is 1.86 bits per heavy atom. The molecule has 4 heterocycles. The Balaban J connectivity index is 1.43. The fourth-order valence-corrected chi connectivity index (χ4v) is 5.28. The van der Waals surface area contributed by atoms with Crippen molar-refractivity contribution in [2.45, 2.75) is 45.2 Å². The minimum absolute atomic E-state index is 0.0326. The highest BCUT2D eigenvalue weighted by molar-refractivity contribution is 6.04. The van der Waals surface area contributed by atoms with Gasteiger partial charge in [0, 0.05) is 38.3 Å². The minimum atomic E-state index is -0.127. The molecule has 2 aliphatic rings. The summed E-state index contributed by atoms with van der Waals surface area (Å²) in [5.74, 6) is 2.26. The summed E-state index contributed by atoms with van der Waals surface area (Å²) in [5.41, 5.74) is 3.99. The molecule has 1 saturated heterocycles. The van der Waals surface area contributed by atoms with E-state index in [2.05, 4.69) is 14.8 Å². The summed E-state index contributed by atoms with van der Waals surface area (Å²) < 4.78 is 18.8. The first kappa shape index (κ1) is 24.5. The smallest absolute Gasteiger partial charge is 0.253 e. The second kappa shape index (κ2) is 10.8. The highest BCUT2D eigenvalue weighted by Gasteiger charge is 2.26. The number of aryl methyl sites for hydroxylation is 3. The maximum atomic E-state index is 13.6. The van der Waals surface area contributed by atoms with Crippen LogP contribution in [-0.2, 0) is 17.7 Å². The number of carbonyl (C=O) groups excluding carboxylic acids is 1. The largest absolute Gasteiger partial charge is 0.493 e. The molecule has 2 aromatic heterocycles. The summed E-state index contributed by atoms with van der Waals surface area (Å²) in [6.07, 6.45) is 4.36. The van der Waals surface area contributed by atoms with Gasteiger partial charge in [-0.05, 0) is 43.5 Å². The van der Waals surface area contributed by atoms with Crippen molar-refractivity contribution in [3.05, 3.63) is 46.9 Å². The lowest BCUT2D eigenvalue weighted by atomic mass is 10.0. The number of benzene rings is 1. The first-order chi connectivity index (χ1) is 17.6. The number of rotatable bonds is 7. The van der Waals surface area contributed by atoms with Crippen LogP contribution in [0.5, 0.6) is 11.5 Å². The van der Waals surface area contributed by atoms with Crippen LogP contribution in [-0.4, -0.2) is 72.4 Å². The van der Waals surface area contributed by atoms with Gasteiger partial charge in [-0.2, -0.15) is 0 Å². The molecule has 1 aromatic carbocycles. The SMILES string of the molecule is COc1ccc(C(CNC(=O)c2cc(C)nc3c2nc2n3CCCCC2)N2CCOCC2)cc1OC. The fraction of sp³-hybridized carbons (Fsp3) is 0.519. The summed E-state index contributed by atoms with van der Waals surface area (Å²) in [7, 11) is 3.26. The Labute approximate surface area is 211 Å². The van der Waals surface area contributed by atoms with Gasteiger partial charge in [0.2, 0.25) is 0 Å². The molecule has 1 unspecified atom stereocenters. The fourth-order valence-electron chi connectivity index (χ4n) is 5.28. The van der Waals surface area contributed by atoms with Crippen LogP contribution in [0.25, 0.3) is 11.2 Å². The first-order valence-electron chi connectivity index (χ1n) is 12.8. The van der Waals surface area contributed by atoms with Crippen LogP contribution < -0.4 is 14.8 Å². The molecule has 1 atom stereocenters. The van der Waals surface area contributed by atoms with Gasteiger partial charge in [-0.25, -0.2) is 9.97 Å². The highest BCUT2D eigenvalue weighted by Crippen LogP contribution is 2.32. The number of amides is 1. The average molecular weight is 494 g/mol. The third-order valence-electron chi connectivity index (χ3n) is 7.17. The van der Waals surface area contributed by atoms with E-state index in [0.29, 0.717) is 42.3 Å². The molecule has 3 aromatic rings. The monoisotopic (exact) mass is 493 g/mol. The molecule has 2 aliphatic heterocycles. The maximum Gasteiger partial charge on any atom is 0.253 e. The van der Waals surface area contributed by atoms with Crippen LogP contribution in [0, 0.1) is 6.92 Å². The van der Waals surface area contributed by atoms with Gasteiger partial charge in [-0.1, -0.05) is 12.5 Å². The van der Waals surface area contributed by atoms with E-state index in [-0.39, 0.29) is 11.9 Å². The Hall–Kier alpha value is -3.17. The van der Waals surface area contributed by atoms with E-state index in [4.69, 9.17) is 24.2 Å². The lowest BCUT2D eigenvalue weighted by Gasteiger charge is -2.35. The standard InChI is InChI=1S/C27H35N5O4/c1-18-15-20(25-26(29-18)32-10-6-4-5-7-24(32)30-25)27(33)28-17-21(31-11-13-36-14-12-31)19-8-9-22(34-2)23(16-19)35-3/h8-9,15-16,21H,4-7,10-14,17H2,1-3H3,(H,28,33). The van der Waals surface area contributed by atoms with E-state index in [9.17, 15) is 4.79 Å². The van der Waals surface area contributed by atoms with E-state index in [1.807, 2.05) is 31.2 Å². The van der Waals surface area contributed by atoms with Crippen molar-refractivity contribution in [1.82, 2.24) is 24.8 Å². The molecule has 9 nitrogen and oxygen atoms in total. The van der Waals surface area contributed by atoms with Gasteiger partial charge < -0.3 is 24.1 Å². The number of ether oxygens (including phenoxy) is 3. The number of hydrogen-bond acceptors (Lipinski definition) is 7. The molecule has 1 fully saturated rings. The number of aromatic nitrogens is 3. The third kappa shape index (κ3) is 4.90. The molecule has 1 N–H and O–H groups in total. The second-order valence-corrected chi connectivity index (χ2v) is 9.46. The van der Waals surface area contributed by atoms with E-state index in [1.165, 1.54) is 6.42 Å². The van der Waals surface area contributed by atoms with E-state index in [1.54, 1.807) is 14.2 Å². The van der Waals surface area contributed by atoms with Crippen molar-refractivity contribution < 1.29 is 19.0 Å². The quantitative estimate of drug-likeness (QED) is 0.540. The van der Waals surface area contributed by atoms with Crippen LogP contribution in [0.2, 0.25) is 0 Å². The van der Waals surface area contributed by atoms with Gasteiger partial charge in [-0.15, -0.1) is 0 Å². The topological polar surface area (TPSA) is 90.7 Å². The molecular weight excluding hydrogens is 458 g/mol. The number of pyridine rings is 1. The Bertz CT molecular complexity index is 1230. The van der Waals surface area contributed by atoms with Gasteiger partial charge in [-0.3, -0.25) is 9.69 Å². The predicted molar refractivity (Wildman–Crippen MR) is 137 cm³/mol. The summed E-state index contributed by atoms with van der Waals surface area (Å²) in [6, 6.07) is 7.76. The van der Waals surface area contributed by atoms with Crippen LogP contribution in [0.4, 0.5) is 0 Å². The molecule has 0 radical (unpaired) electrons. The van der Waals surface area contributed by atoms with Crippen molar-refractivity contribution >= 4 is 17.1 Å². The summed E-state index contributed by atoms with van der Waals surface area (Å²) in [5, 5.41) is 3.20. The molecular formula is C27H35N5O4.